The molecule has 0 aromatic carbocycles. The Morgan fingerprint density at radius 3 is 2.33 bits per heavy atom. The first-order chi connectivity index (χ1) is 19.1. The second-order valence-corrected chi connectivity index (χ2v) is 13.1. The molecule has 2 saturated heterocycles. The molecular weight excluding hydrogens is 504 g/mol. The van der Waals surface area contributed by atoms with E-state index in [1.807, 2.05) is 18.7 Å². The molecule has 2 radical (unpaired) electrons. The lowest BCUT2D eigenvalue weighted by atomic mass is 9.82. The molecule has 1 aromatic heterocycles. The van der Waals surface area contributed by atoms with Crippen LogP contribution < -0.4 is 21.7 Å². The van der Waals surface area contributed by atoms with Gasteiger partial charge >= 0.3 is 0 Å². The van der Waals surface area contributed by atoms with E-state index >= 15 is 0 Å². The van der Waals surface area contributed by atoms with Crippen LogP contribution in [0.1, 0.15) is 72.6 Å². The van der Waals surface area contributed by atoms with Crippen molar-refractivity contribution in [1.82, 2.24) is 40.7 Å². The molecule has 224 valence electrons. The molecular formula is C29H52N10O. The Bertz CT molecular complexity index is 927. The Kier molecular flexibility index (Phi) is 11.0. The molecule has 1 aromatic rings. The molecule has 40 heavy (non-hydrogen) atoms. The summed E-state index contributed by atoms with van der Waals surface area (Å²) >= 11 is 0. The number of carbonyl (C=O) groups excluding carboxylic acids is 1. The number of aromatic nitrogens is 3. The third kappa shape index (κ3) is 8.96. The Hall–Kier alpha value is -2.08. The molecule has 3 aliphatic rings. The zero-order valence-corrected chi connectivity index (χ0v) is 25.3. The van der Waals surface area contributed by atoms with Crippen LogP contribution in [-0.4, -0.2) is 118 Å². The Morgan fingerprint density at radius 1 is 1.00 bits per heavy atom. The lowest BCUT2D eigenvalue weighted by molar-refractivity contribution is -0.144. The highest BCUT2D eigenvalue weighted by Gasteiger charge is 2.44. The van der Waals surface area contributed by atoms with Crippen LogP contribution in [0.15, 0.2) is 0 Å². The maximum Gasteiger partial charge on any atom is 0.242 e. The molecule has 1 atom stereocenters. The van der Waals surface area contributed by atoms with Gasteiger partial charge in [-0.1, -0.05) is 19.3 Å². The van der Waals surface area contributed by atoms with E-state index in [9.17, 15) is 4.79 Å². The summed E-state index contributed by atoms with van der Waals surface area (Å²) in [6.45, 7) is 17.4. The SMILES string of the molecule is CC1(C)CN(CC(Nc2n[c]nc(NCCCN3CCN(CCC[NH])CC3)n2)C2CCCCC2)C(=O)C(C)(C)N1. The van der Waals surface area contributed by atoms with Crippen LogP contribution >= 0.6 is 0 Å². The Balaban J connectivity index is 1.30. The van der Waals surface area contributed by atoms with E-state index in [0.717, 1.165) is 71.5 Å². The van der Waals surface area contributed by atoms with Crippen molar-refractivity contribution in [2.24, 2.45) is 5.92 Å². The van der Waals surface area contributed by atoms with Crippen molar-refractivity contribution in [3.8, 4) is 0 Å². The molecule has 0 bridgehead atoms. The smallest absolute Gasteiger partial charge is 0.242 e. The van der Waals surface area contributed by atoms with Gasteiger partial charge in [-0.05, 0) is 72.4 Å². The zero-order chi connectivity index (χ0) is 28.6. The molecule has 3 fully saturated rings. The van der Waals surface area contributed by atoms with Crippen molar-refractivity contribution >= 4 is 17.8 Å². The second kappa shape index (κ2) is 14.2. The van der Waals surface area contributed by atoms with Gasteiger partial charge in [-0.3, -0.25) is 15.8 Å². The van der Waals surface area contributed by atoms with Gasteiger partial charge in [-0.2, -0.15) is 15.0 Å². The Labute approximate surface area is 241 Å². The summed E-state index contributed by atoms with van der Waals surface area (Å²) < 4.78 is 0. The van der Waals surface area contributed by atoms with E-state index in [4.69, 9.17) is 5.73 Å². The van der Waals surface area contributed by atoms with Gasteiger partial charge in [-0.15, -0.1) is 0 Å². The number of hydrogen-bond acceptors (Lipinski definition) is 9. The number of nitrogens with one attached hydrogen (secondary N) is 4. The maximum absolute atomic E-state index is 13.3. The van der Waals surface area contributed by atoms with Gasteiger partial charge in [0.05, 0.1) is 5.54 Å². The topological polar surface area (TPSA) is 125 Å². The highest BCUT2D eigenvalue weighted by molar-refractivity contribution is 5.86. The van der Waals surface area contributed by atoms with Crippen molar-refractivity contribution in [3.05, 3.63) is 6.33 Å². The fraction of sp³-hybridized carbons (Fsp3) is 0.862. The molecule has 0 spiro atoms. The fourth-order valence-electron chi connectivity index (χ4n) is 6.74. The van der Waals surface area contributed by atoms with E-state index in [1.165, 1.54) is 19.3 Å². The molecule has 1 unspecified atom stereocenters. The van der Waals surface area contributed by atoms with Crippen LogP contribution in [0.3, 0.4) is 0 Å². The summed E-state index contributed by atoms with van der Waals surface area (Å²) in [5.74, 6) is 1.69. The number of carbonyl (C=O) groups is 1. The predicted molar refractivity (Wildman–Crippen MR) is 159 cm³/mol. The minimum absolute atomic E-state index is 0.0809. The van der Waals surface area contributed by atoms with Gasteiger partial charge in [-0.25, -0.2) is 0 Å². The summed E-state index contributed by atoms with van der Waals surface area (Å²) in [5.41, 5.74) is 6.60. The van der Waals surface area contributed by atoms with Crippen molar-refractivity contribution in [1.29, 1.82) is 0 Å². The first-order valence-corrected chi connectivity index (χ1v) is 15.5. The number of hydrogen-bond donors (Lipinski definition) is 3. The van der Waals surface area contributed by atoms with E-state index in [2.05, 4.69) is 60.9 Å². The molecule has 1 aliphatic carbocycles. The summed E-state index contributed by atoms with van der Waals surface area (Å²) in [5, 5.41) is 10.5. The average molecular weight is 557 g/mol. The average Bonchev–Trinajstić information content (AvgIpc) is 2.93. The molecule has 3 heterocycles. The number of nitrogens with zero attached hydrogens (tertiary/aromatic N) is 6. The molecule has 4 rings (SSSR count). The van der Waals surface area contributed by atoms with Crippen LogP contribution in [0.5, 0.6) is 0 Å². The quantitative estimate of drug-likeness (QED) is 0.313. The molecule has 11 heteroatoms. The molecule has 1 amide bonds. The summed E-state index contributed by atoms with van der Waals surface area (Å²) in [6, 6.07) is 0.0809. The third-order valence-corrected chi connectivity index (χ3v) is 8.58. The van der Waals surface area contributed by atoms with Crippen LogP contribution in [0.2, 0.25) is 0 Å². The first-order valence-electron chi connectivity index (χ1n) is 15.5. The van der Waals surface area contributed by atoms with E-state index in [0.29, 0.717) is 37.4 Å². The van der Waals surface area contributed by atoms with E-state index < -0.39 is 5.54 Å². The van der Waals surface area contributed by atoms with Crippen LogP contribution in [-0.2, 0) is 4.79 Å². The van der Waals surface area contributed by atoms with Crippen molar-refractivity contribution < 1.29 is 4.79 Å². The number of rotatable bonds is 13. The van der Waals surface area contributed by atoms with Gasteiger partial charge in [0, 0.05) is 63.9 Å². The third-order valence-electron chi connectivity index (χ3n) is 8.58. The monoisotopic (exact) mass is 556 g/mol. The van der Waals surface area contributed by atoms with Crippen LogP contribution in [0.4, 0.5) is 11.9 Å². The van der Waals surface area contributed by atoms with Crippen LogP contribution in [0.25, 0.3) is 0 Å². The van der Waals surface area contributed by atoms with Gasteiger partial charge in [0.1, 0.15) is 0 Å². The number of amides is 1. The van der Waals surface area contributed by atoms with Crippen molar-refractivity contribution in [2.75, 3.05) is 76.1 Å². The van der Waals surface area contributed by atoms with Gasteiger partial charge in [0.25, 0.3) is 0 Å². The standard InChI is InChI=1S/C29H52N10O/c1-28(2)21-39(25(40)29(3,4)36-28)20-24(23-10-6-5-7-11-23)34-27-33-22-32-26(35-27)31-13-9-15-38-18-16-37(17-19-38)14-8-12-30/h23-24,30,36H,5-21H2,1-4H3,(H2,31,32,33,34,35). The van der Waals surface area contributed by atoms with Crippen molar-refractivity contribution in [2.45, 2.75) is 89.8 Å². The van der Waals surface area contributed by atoms with Gasteiger partial charge < -0.3 is 25.3 Å². The first kappa shape index (κ1) is 30.9. The minimum Gasteiger partial charge on any atom is -0.354 e. The van der Waals surface area contributed by atoms with Crippen molar-refractivity contribution in [3.63, 3.8) is 0 Å². The normalized spacial score (nSPS) is 23.2. The minimum atomic E-state index is -0.591. The summed E-state index contributed by atoms with van der Waals surface area (Å²) in [4.78, 5) is 33.6. The molecule has 11 nitrogen and oxygen atoms in total. The molecule has 4 N–H and O–H groups in total. The van der Waals surface area contributed by atoms with Crippen LogP contribution in [0, 0.1) is 12.2 Å². The Morgan fingerprint density at radius 2 is 1.65 bits per heavy atom. The highest BCUT2D eigenvalue weighted by atomic mass is 16.2. The van der Waals surface area contributed by atoms with Gasteiger partial charge in [0.15, 0.2) is 0 Å². The fourth-order valence-corrected chi connectivity index (χ4v) is 6.74. The molecule has 1 saturated carbocycles. The number of piperazine rings is 2. The highest BCUT2D eigenvalue weighted by Crippen LogP contribution is 2.30. The van der Waals surface area contributed by atoms with Gasteiger partial charge in [0.2, 0.25) is 24.1 Å². The zero-order valence-electron chi connectivity index (χ0n) is 25.3. The lowest BCUT2D eigenvalue weighted by Gasteiger charge is -2.48. The summed E-state index contributed by atoms with van der Waals surface area (Å²) in [6.07, 6.45) is 10.8. The largest absolute Gasteiger partial charge is 0.354 e. The maximum atomic E-state index is 13.3. The van der Waals surface area contributed by atoms with E-state index in [1.54, 1.807) is 0 Å². The predicted octanol–water partition coefficient (Wildman–Crippen LogP) is 2.11. The van der Waals surface area contributed by atoms with E-state index in [-0.39, 0.29) is 17.5 Å². The summed E-state index contributed by atoms with van der Waals surface area (Å²) in [7, 11) is 0. The lowest BCUT2D eigenvalue weighted by Crippen LogP contribution is -2.70. The molecule has 2 aliphatic heterocycles. The second-order valence-electron chi connectivity index (χ2n) is 13.1. The number of anilines is 2.